The Labute approximate surface area is 193 Å². The summed E-state index contributed by atoms with van der Waals surface area (Å²) in [5, 5.41) is 9.95. The number of nitrogens with one attached hydrogen (secondary N) is 2. The number of aromatic amines is 1. The molecule has 1 aliphatic rings. The van der Waals surface area contributed by atoms with Gasteiger partial charge in [-0.3, -0.25) is 4.72 Å². The number of H-pyrrole nitrogens is 1. The molecule has 9 nitrogen and oxygen atoms in total. The maximum Gasteiger partial charge on any atom is 0.261 e. The molecule has 0 amide bonds. The maximum atomic E-state index is 13.0. The second-order valence-corrected chi connectivity index (χ2v) is 12.0. The minimum Gasteiger partial charge on any atom is -0.358 e. The van der Waals surface area contributed by atoms with Crippen LogP contribution in [0.4, 0.5) is 5.69 Å². The molecule has 0 bridgehead atoms. The smallest absolute Gasteiger partial charge is 0.261 e. The molecule has 174 valence electrons. The summed E-state index contributed by atoms with van der Waals surface area (Å²) in [5.41, 5.74) is 2.09. The Morgan fingerprint density at radius 2 is 1.76 bits per heavy atom. The lowest BCUT2D eigenvalue weighted by Gasteiger charge is -2.20. The van der Waals surface area contributed by atoms with Crippen LogP contribution >= 0.6 is 0 Å². The maximum absolute atomic E-state index is 13.0. The van der Waals surface area contributed by atoms with Crippen molar-refractivity contribution in [2.75, 3.05) is 31.9 Å². The summed E-state index contributed by atoms with van der Waals surface area (Å²) in [6.45, 7) is 2.67. The van der Waals surface area contributed by atoms with Gasteiger partial charge in [-0.25, -0.2) is 16.8 Å². The molecule has 33 heavy (non-hydrogen) atoms. The Kier molecular flexibility index (Phi) is 5.96. The second kappa shape index (κ2) is 8.46. The van der Waals surface area contributed by atoms with Crippen LogP contribution in [-0.2, 0) is 20.0 Å². The van der Waals surface area contributed by atoms with Gasteiger partial charge in [0.2, 0.25) is 10.0 Å². The van der Waals surface area contributed by atoms with Crippen molar-refractivity contribution in [2.45, 2.75) is 29.2 Å². The summed E-state index contributed by atoms with van der Waals surface area (Å²) in [7, 11) is -3.85. The van der Waals surface area contributed by atoms with Crippen LogP contribution in [0.5, 0.6) is 0 Å². The molecular weight excluding hydrogens is 462 g/mol. The van der Waals surface area contributed by atoms with Crippen molar-refractivity contribution < 1.29 is 16.8 Å². The third-order valence-electron chi connectivity index (χ3n) is 6.04. The van der Waals surface area contributed by atoms with E-state index in [4.69, 9.17) is 0 Å². The van der Waals surface area contributed by atoms with Gasteiger partial charge in [0, 0.05) is 30.7 Å². The normalized spacial score (nSPS) is 17.5. The van der Waals surface area contributed by atoms with Crippen LogP contribution in [-0.4, -0.2) is 64.3 Å². The van der Waals surface area contributed by atoms with E-state index in [2.05, 4.69) is 15.8 Å². The van der Waals surface area contributed by atoms with Gasteiger partial charge >= 0.3 is 0 Å². The summed E-state index contributed by atoms with van der Waals surface area (Å²) in [6.07, 6.45) is 2.29. The van der Waals surface area contributed by atoms with Crippen LogP contribution < -0.4 is 4.72 Å². The number of benzene rings is 2. The molecule has 0 radical (unpaired) electrons. The van der Waals surface area contributed by atoms with Crippen LogP contribution in [0.1, 0.15) is 17.5 Å². The van der Waals surface area contributed by atoms with Crippen molar-refractivity contribution in [1.29, 1.82) is 5.26 Å². The van der Waals surface area contributed by atoms with Gasteiger partial charge in [-0.2, -0.15) is 9.57 Å². The molecule has 2 heterocycles. The number of rotatable bonds is 6. The lowest BCUT2D eigenvalue weighted by atomic mass is 10.1. The van der Waals surface area contributed by atoms with E-state index in [1.807, 2.05) is 25.9 Å². The highest BCUT2D eigenvalue weighted by Crippen LogP contribution is 2.30. The fraction of sp³-hybridized carbons (Fsp3) is 0.318. The molecule has 1 fully saturated rings. The topological polar surface area (TPSA) is 126 Å². The van der Waals surface area contributed by atoms with Crippen LogP contribution in [0.2, 0.25) is 0 Å². The lowest BCUT2D eigenvalue weighted by Crippen LogP contribution is -2.34. The largest absolute Gasteiger partial charge is 0.358 e. The quantitative estimate of drug-likeness (QED) is 0.550. The van der Waals surface area contributed by atoms with E-state index in [0.29, 0.717) is 35.2 Å². The molecule has 1 saturated heterocycles. The third-order valence-corrected chi connectivity index (χ3v) is 9.30. The summed E-state index contributed by atoms with van der Waals surface area (Å²) in [5.74, 6) is 0. The highest BCUT2D eigenvalue weighted by Gasteiger charge is 2.33. The molecule has 0 saturated carbocycles. The number of likely N-dealkylation sites (N-methyl/N-ethyl adjacent to an activating group) is 1. The molecule has 1 unspecified atom stereocenters. The van der Waals surface area contributed by atoms with Gasteiger partial charge in [0.05, 0.1) is 26.6 Å². The Morgan fingerprint density at radius 3 is 2.36 bits per heavy atom. The van der Waals surface area contributed by atoms with Crippen molar-refractivity contribution in [1.82, 2.24) is 14.2 Å². The number of nitrogens with zero attached hydrogens (tertiary/aromatic N) is 3. The zero-order valence-electron chi connectivity index (χ0n) is 18.5. The number of fused-ring (bicyclic) bond motifs is 1. The molecule has 1 aromatic heterocycles. The van der Waals surface area contributed by atoms with Crippen LogP contribution in [0.25, 0.3) is 10.9 Å². The number of sulfonamides is 2. The van der Waals surface area contributed by atoms with E-state index in [0.717, 1.165) is 12.0 Å². The van der Waals surface area contributed by atoms with Gasteiger partial charge in [-0.15, -0.1) is 0 Å². The first kappa shape index (κ1) is 23.3. The first-order valence-electron chi connectivity index (χ1n) is 10.3. The number of anilines is 1. The Hall–Kier alpha value is -2.91. The van der Waals surface area contributed by atoms with Crippen molar-refractivity contribution >= 4 is 36.6 Å². The molecule has 2 aromatic carbocycles. The van der Waals surface area contributed by atoms with Crippen LogP contribution in [0.15, 0.2) is 52.4 Å². The molecule has 1 atom stereocenters. The van der Waals surface area contributed by atoms with E-state index in [-0.39, 0.29) is 15.8 Å². The van der Waals surface area contributed by atoms with E-state index >= 15 is 0 Å². The summed E-state index contributed by atoms with van der Waals surface area (Å²) in [4.78, 5) is 4.96. The average Bonchev–Trinajstić information content (AvgIpc) is 3.44. The minimum absolute atomic E-state index is 0.0570. The Morgan fingerprint density at radius 1 is 1.09 bits per heavy atom. The van der Waals surface area contributed by atoms with Crippen molar-refractivity contribution in [3.05, 3.63) is 53.7 Å². The standard InChI is InChI=1S/C22H25N5O4S2/c1-15-4-9-20(22-21(15)16(12-23)13-24-22)25-32(28,29)18-5-7-19(8-6-18)33(30,31)27-11-10-17(14-27)26(2)3/h4-9,13,17,24-25H,10-11,14H2,1-3H3. The van der Waals surface area contributed by atoms with E-state index < -0.39 is 20.0 Å². The molecule has 11 heteroatoms. The molecule has 2 N–H and O–H groups in total. The molecule has 4 rings (SSSR count). The van der Waals surface area contributed by atoms with Crippen molar-refractivity contribution in [2.24, 2.45) is 0 Å². The predicted molar refractivity (Wildman–Crippen MR) is 126 cm³/mol. The minimum atomic E-state index is -3.98. The lowest BCUT2D eigenvalue weighted by molar-refractivity contribution is 0.302. The van der Waals surface area contributed by atoms with E-state index in [1.165, 1.54) is 34.8 Å². The second-order valence-electron chi connectivity index (χ2n) is 8.34. The van der Waals surface area contributed by atoms with Crippen LogP contribution in [0, 0.1) is 18.3 Å². The summed E-state index contributed by atoms with van der Waals surface area (Å²) in [6, 6.07) is 10.8. The van der Waals surface area contributed by atoms with Gasteiger partial charge in [0.1, 0.15) is 6.07 Å². The van der Waals surface area contributed by atoms with Crippen LogP contribution in [0.3, 0.4) is 0 Å². The van der Waals surface area contributed by atoms with Crippen molar-refractivity contribution in [3.8, 4) is 6.07 Å². The monoisotopic (exact) mass is 487 g/mol. The molecule has 3 aromatic rings. The number of aromatic nitrogens is 1. The number of nitriles is 1. The van der Waals surface area contributed by atoms with Gasteiger partial charge in [0.15, 0.2) is 0 Å². The fourth-order valence-electron chi connectivity index (χ4n) is 4.09. The van der Waals surface area contributed by atoms with Gasteiger partial charge in [-0.1, -0.05) is 6.07 Å². The third kappa shape index (κ3) is 4.22. The summed E-state index contributed by atoms with van der Waals surface area (Å²) < 4.78 is 55.9. The highest BCUT2D eigenvalue weighted by atomic mass is 32.2. The summed E-state index contributed by atoms with van der Waals surface area (Å²) >= 11 is 0. The fourth-order valence-corrected chi connectivity index (χ4v) is 6.65. The van der Waals surface area contributed by atoms with E-state index in [1.54, 1.807) is 12.1 Å². The number of aryl methyl sites for hydroxylation is 1. The Balaban J connectivity index is 1.59. The predicted octanol–water partition coefficient (Wildman–Crippen LogP) is 2.47. The molecular formula is C22H25N5O4S2. The van der Waals surface area contributed by atoms with Gasteiger partial charge in [0.25, 0.3) is 10.0 Å². The Bertz CT molecular complexity index is 1450. The zero-order chi connectivity index (χ0) is 24.0. The van der Waals surface area contributed by atoms with E-state index in [9.17, 15) is 22.1 Å². The molecule has 0 aliphatic carbocycles. The SMILES string of the molecule is Cc1ccc(NS(=O)(=O)c2ccc(S(=O)(=O)N3CCC(N(C)C)C3)cc2)c2[nH]cc(C#N)c12. The zero-order valence-corrected chi connectivity index (χ0v) is 20.2. The highest BCUT2D eigenvalue weighted by molar-refractivity contribution is 7.92. The van der Waals surface area contributed by atoms with Crippen molar-refractivity contribution in [3.63, 3.8) is 0 Å². The average molecular weight is 488 g/mol. The molecule has 0 spiro atoms. The number of hydrogen-bond donors (Lipinski definition) is 2. The molecule has 1 aliphatic heterocycles. The first-order chi connectivity index (χ1) is 15.5. The van der Waals surface area contributed by atoms with Gasteiger partial charge in [-0.05, 0) is 63.3 Å². The van der Waals surface area contributed by atoms with Gasteiger partial charge < -0.3 is 9.88 Å². The first-order valence-corrected chi connectivity index (χ1v) is 13.3. The number of hydrogen-bond acceptors (Lipinski definition) is 6.